The standard InChI is InChI=1S/C36H52N6O6/c1-3-24(4-2)20-32(43)28(18-25-12-7-5-8-13-25)39-34(45)30(21-27-22-37-23-38-27)40-33(44)29(19-26-14-9-6-10-15-26)41-35(46)31-16-11-17-42(31)36(47)48/h3,6,9-10,14-15,22-25,28-32,43H,1,4-5,7-8,11-13,16-21H2,2H3,(H,37,38)(H,39,45)(H,40,44)(H,41,46)(H,47,48)/t24-,28+,29+,30+,31-,32+/m1/s1. The molecule has 0 unspecified atom stereocenters. The van der Waals surface area contributed by atoms with E-state index in [0.29, 0.717) is 37.3 Å². The van der Waals surface area contributed by atoms with Gasteiger partial charge in [-0.25, -0.2) is 9.78 Å². The number of aromatic amines is 1. The SMILES string of the molecule is C=C[C@H](CC)C[C@H](O)[C@H](CC1CCCCC1)NC(=O)[C@H](Cc1c[nH]cn1)NC(=O)[C@H](Cc1ccccc1)NC(=O)[C@H]1CCCN1C(=O)O. The van der Waals surface area contributed by atoms with Crippen molar-refractivity contribution < 1.29 is 29.4 Å². The van der Waals surface area contributed by atoms with E-state index in [0.717, 1.165) is 42.6 Å². The highest BCUT2D eigenvalue weighted by Gasteiger charge is 2.37. The summed E-state index contributed by atoms with van der Waals surface area (Å²) in [5, 5.41) is 29.7. The van der Waals surface area contributed by atoms with Gasteiger partial charge in [0.2, 0.25) is 17.7 Å². The lowest BCUT2D eigenvalue weighted by molar-refractivity contribution is -0.133. The van der Waals surface area contributed by atoms with Crippen LogP contribution < -0.4 is 16.0 Å². The maximum absolute atomic E-state index is 14.1. The quantitative estimate of drug-likeness (QED) is 0.140. The van der Waals surface area contributed by atoms with E-state index in [-0.39, 0.29) is 25.3 Å². The number of amides is 4. The average molecular weight is 665 g/mol. The van der Waals surface area contributed by atoms with Crippen LogP contribution in [-0.4, -0.2) is 85.7 Å². The molecule has 6 atom stereocenters. The summed E-state index contributed by atoms with van der Waals surface area (Å²) in [5.74, 6) is -1.10. The zero-order valence-corrected chi connectivity index (χ0v) is 28.0. The van der Waals surface area contributed by atoms with Gasteiger partial charge in [-0.05, 0) is 49.5 Å². The van der Waals surface area contributed by atoms with Crippen LogP contribution in [0.2, 0.25) is 0 Å². The Morgan fingerprint density at radius 2 is 1.71 bits per heavy atom. The number of benzene rings is 1. The molecule has 2 heterocycles. The van der Waals surface area contributed by atoms with E-state index >= 15 is 0 Å². The van der Waals surface area contributed by atoms with Gasteiger partial charge >= 0.3 is 6.09 Å². The molecular formula is C36H52N6O6. The van der Waals surface area contributed by atoms with E-state index in [1.165, 1.54) is 12.7 Å². The van der Waals surface area contributed by atoms with Crippen LogP contribution in [0.4, 0.5) is 4.79 Å². The van der Waals surface area contributed by atoms with Crippen LogP contribution >= 0.6 is 0 Å². The molecule has 1 aliphatic heterocycles. The first-order valence-corrected chi connectivity index (χ1v) is 17.4. The number of carbonyl (C=O) groups excluding carboxylic acids is 3. The lowest BCUT2D eigenvalue weighted by Gasteiger charge is -2.32. The second-order valence-electron chi connectivity index (χ2n) is 13.3. The van der Waals surface area contributed by atoms with E-state index < -0.39 is 54.1 Å². The Hall–Kier alpha value is -4.19. The summed E-state index contributed by atoms with van der Waals surface area (Å²) in [6, 6.07) is 5.63. The van der Waals surface area contributed by atoms with Gasteiger partial charge in [-0.3, -0.25) is 19.3 Å². The van der Waals surface area contributed by atoms with Gasteiger partial charge in [-0.2, -0.15) is 0 Å². The molecule has 0 bridgehead atoms. The van der Waals surface area contributed by atoms with Crippen LogP contribution in [0.15, 0.2) is 55.5 Å². The number of rotatable bonds is 17. The molecule has 1 aromatic heterocycles. The number of hydrogen-bond donors (Lipinski definition) is 6. The molecule has 2 fully saturated rings. The summed E-state index contributed by atoms with van der Waals surface area (Å²) in [6.07, 6.45) is 11.6. The van der Waals surface area contributed by atoms with Crippen LogP contribution in [-0.2, 0) is 27.2 Å². The molecule has 48 heavy (non-hydrogen) atoms. The molecule has 1 saturated carbocycles. The van der Waals surface area contributed by atoms with Crippen LogP contribution in [0.3, 0.4) is 0 Å². The van der Waals surface area contributed by atoms with Gasteiger partial charge in [-0.15, -0.1) is 6.58 Å². The zero-order chi connectivity index (χ0) is 34.5. The molecule has 2 aromatic rings. The van der Waals surface area contributed by atoms with Crippen LogP contribution in [0.25, 0.3) is 0 Å². The number of nitrogens with zero attached hydrogens (tertiary/aromatic N) is 2. The number of imidazole rings is 1. The molecule has 4 amide bonds. The lowest BCUT2D eigenvalue weighted by atomic mass is 9.82. The second kappa shape index (κ2) is 18.4. The summed E-state index contributed by atoms with van der Waals surface area (Å²) in [7, 11) is 0. The van der Waals surface area contributed by atoms with E-state index in [9.17, 15) is 29.4 Å². The number of likely N-dealkylation sites (tertiary alicyclic amines) is 1. The van der Waals surface area contributed by atoms with Crippen LogP contribution in [0, 0.1) is 11.8 Å². The van der Waals surface area contributed by atoms with Crippen molar-refractivity contribution in [2.45, 2.75) is 114 Å². The first kappa shape index (κ1) is 36.6. The van der Waals surface area contributed by atoms with Crippen molar-refractivity contribution in [3.8, 4) is 0 Å². The van der Waals surface area contributed by atoms with Gasteiger partial charge in [0.1, 0.15) is 18.1 Å². The van der Waals surface area contributed by atoms with E-state index in [4.69, 9.17) is 0 Å². The van der Waals surface area contributed by atoms with Crippen molar-refractivity contribution in [3.63, 3.8) is 0 Å². The van der Waals surface area contributed by atoms with Crippen LogP contribution in [0.1, 0.15) is 82.4 Å². The number of allylic oxidation sites excluding steroid dienone is 1. The highest BCUT2D eigenvalue weighted by atomic mass is 16.4. The smallest absolute Gasteiger partial charge is 0.407 e. The molecule has 2 aliphatic rings. The normalized spacial score (nSPS) is 19.8. The molecule has 1 saturated heterocycles. The second-order valence-corrected chi connectivity index (χ2v) is 13.3. The first-order chi connectivity index (χ1) is 23.2. The maximum atomic E-state index is 14.1. The Balaban J connectivity index is 1.55. The van der Waals surface area contributed by atoms with Gasteiger partial charge in [0.25, 0.3) is 0 Å². The Morgan fingerprint density at radius 3 is 2.35 bits per heavy atom. The third-order valence-corrected chi connectivity index (χ3v) is 9.82. The number of H-pyrrole nitrogens is 1. The van der Waals surface area contributed by atoms with Crippen molar-refractivity contribution in [1.29, 1.82) is 0 Å². The fraction of sp³-hybridized carbons (Fsp3) is 0.583. The number of hydrogen-bond acceptors (Lipinski definition) is 6. The third kappa shape index (κ3) is 10.7. The van der Waals surface area contributed by atoms with Crippen molar-refractivity contribution in [2.75, 3.05) is 6.54 Å². The highest BCUT2D eigenvalue weighted by molar-refractivity contribution is 5.94. The molecule has 1 aliphatic carbocycles. The molecule has 4 rings (SSSR count). The molecule has 0 spiro atoms. The molecule has 0 radical (unpaired) electrons. The van der Waals surface area contributed by atoms with Crippen LogP contribution in [0.5, 0.6) is 0 Å². The Kier molecular flexibility index (Phi) is 14.0. The molecule has 262 valence electrons. The minimum absolute atomic E-state index is 0.0823. The predicted molar refractivity (Wildman–Crippen MR) is 182 cm³/mol. The summed E-state index contributed by atoms with van der Waals surface area (Å²) < 4.78 is 0. The fourth-order valence-electron chi connectivity index (χ4n) is 6.97. The number of carboxylic acid groups (broad SMARTS) is 1. The van der Waals surface area contributed by atoms with E-state index in [1.54, 1.807) is 6.20 Å². The predicted octanol–water partition coefficient (Wildman–Crippen LogP) is 3.73. The van der Waals surface area contributed by atoms with Gasteiger partial charge < -0.3 is 31.1 Å². The van der Waals surface area contributed by atoms with Gasteiger partial charge in [0.15, 0.2) is 0 Å². The summed E-state index contributed by atoms with van der Waals surface area (Å²) in [4.78, 5) is 61.4. The van der Waals surface area contributed by atoms with Gasteiger partial charge in [-0.1, -0.05) is 75.4 Å². The third-order valence-electron chi connectivity index (χ3n) is 9.82. The summed E-state index contributed by atoms with van der Waals surface area (Å²) in [5.41, 5.74) is 1.35. The summed E-state index contributed by atoms with van der Waals surface area (Å²) >= 11 is 0. The van der Waals surface area contributed by atoms with Gasteiger partial charge in [0.05, 0.1) is 24.2 Å². The lowest BCUT2D eigenvalue weighted by Crippen LogP contribution is -2.59. The highest BCUT2D eigenvalue weighted by Crippen LogP contribution is 2.29. The minimum Gasteiger partial charge on any atom is -0.465 e. The molecule has 6 N–H and O–H groups in total. The van der Waals surface area contributed by atoms with Crippen molar-refractivity contribution in [3.05, 3.63) is 66.8 Å². The summed E-state index contributed by atoms with van der Waals surface area (Å²) in [6.45, 7) is 6.20. The average Bonchev–Trinajstić information content (AvgIpc) is 3.80. The molecule has 1 aromatic carbocycles. The van der Waals surface area contributed by atoms with Gasteiger partial charge in [0, 0.05) is 25.6 Å². The number of nitrogens with one attached hydrogen (secondary N) is 4. The maximum Gasteiger partial charge on any atom is 0.407 e. The first-order valence-electron chi connectivity index (χ1n) is 17.4. The van der Waals surface area contributed by atoms with E-state index in [1.807, 2.05) is 43.3 Å². The van der Waals surface area contributed by atoms with Crippen molar-refractivity contribution in [1.82, 2.24) is 30.8 Å². The Labute approximate surface area is 283 Å². The monoisotopic (exact) mass is 664 g/mol. The zero-order valence-electron chi connectivity index (χ0n) is 28.0. The number of aliphatic hydroxyl groups is 1. The largest absolute Gasteiger partial charge is 0.465 e. The Morgan fingerprint density at radius 1 is 1.00 bits per heavy atom. The van der Waals surface area contributed by atoms with E-state index in [2.05, 4.69) is 32.5 Å². The molecular weight excluding hydrogens is 612 g/mol. The minimum atomic E-state index is -1.18. The number of aliphatic hydroxyl groups excluding tert-OH is 1. The fourth-order valence-corrected chi connectivity index (χ4v) is 6.97. The molecule has 12 heteroatoms. The van der Waals surface area contributed by atoms with Crippen molar-refractivity contribution >= 4 is 23.8 Å². The van der Waals surface area contributed by atoms with Crippen molar-refractivity contribution in [2.24, 2.45) is 11.8 Å². The topological polar surface area (TPSA) is 177 Å². The Bertz CT molecular complexity index is 1330. The number of carbonyl (C=O) groups is 4. The number of aromatic nitrogens is 2. The molecule has 12 nitrogen and oxygen atoms in total.